The molecule has 148 valence electrons. The van der Waals surface area contributed by atoms with Crippen molar-refractivity contribution in [3.05, 3.63) is 96.1 Å². The fourth-order valence-corrected chi connectivity index (χ4v) is 2.96. The van der Waals surface area contributed by atoms with Gasteiger partial charge in [-0.15, -0.1) is 0 Å². The van der Waals surface area contributed by atoms with E-state index in [4.69, 9.17) is 9.47 Å². The molecular formula is C25H30O3. The van der Waals surface area contributed by atoms with Crippen LogP contribution in [0.5, 0.6) is 0 Å². The molecular weight excluding hydrogens is 348 g/mol. The number of carbonyl (C=O) groups is 1. The molecule has 0 bridgehead atoms. The van der Waals surface area contributed by atoms with E-state index in [9.17, 15) is 4.79 Å². The molecule has 0 spiro atoms. The Labute approximate surface area is 168 Å². The minimum atomic E-state index is -0.245. The van der Waals surface area contributed by atoms with Crippen molar-refractivity contribution in [1.82, 2.24) is 0 Å². The van der Waals surface area contributed by atoms with Gasteiger partial charge in [-0.05, 0) is 43.4 Å². The first-order valence-electron chi connectivity index (χ1n) is 9.84. The first-order valence-corrected chi connectivity index (χ1v) is 9.84. The van der Waals surface area contributed by atoms with Gasteiger partial charge in [-0.1, -0.05) is 78.9 Å². The lowest BCUT2D eigenvalue weighted by molar-refractivity contribution is -0.144. The van der Waals surface area contributed by atoms with Gasteiger partial charge in [0, 0.05) is 6.92 Å². The van der Waals surface area contributed by atoms with Crippen molar-refractivity contribution >= 4 is 5.97 Å². The lowest BCUT2D eigenvalue weighted by atomic mass is 10.1. The molecule has 0 radical (unpaired) electrons. The number of esters is 1. The highest BCUT2D eigenvalue weighted by Gasteiger charge is 2.11. The Bertz CT molecular complexity index is 735. The Kier molecular flexibility index (Phi) is 9.81. The highest BCUT2D eigenvalue weighted by molar-refractivity contribution is 5.66. The minimum absolute atomic E-state index is 0.0115. The molecule has 3 nitrogen and oxygen atoms in total. The lowest BCUT2D eigenvalue weighted by Gasteiger charge is -2.17. The number of allylic oxidation sites excluding steroid dienone is 2. The molecule has 2 aromatic rings. The summed E-state index contributed by atoms with van der Waals surface area (Å²) in [5, 5.41) is 0. The van der Waals surface area contributed by atoms with Crippen molar-refractivity contribution in [1.29, 1.82) is 0 Å². The van der Waals surface area contributed by atoms with Gasteiger partial charge in [0.1, 0.15) is 6.10 Å². The molecule has 0 amide bonds. The van der Waals surface area contributed by atoms with Gasteiger partial charge in [-0.25, -0.2) is 0 Å². The number of benzene rings is 2. The second-order valence-electron chi connectivity index (χ2n) is 6.65. The minimum Gasteiger partial charge on any atom is -0.458 e. The fraction of sp³-hybridized carbons (Fsp3) is 0.320. The Morgan fingerprint density at radius 2 is 1.68 bits per heavy atom. The van der Waals surface area contributed by atoms with Gasteiger partial charge in [-0.2, -0.15) is 0 Å². The predicted molar refractivity (Wildman–Crippen MR) is 114 cm³/mol. The number of carbonyl (C=O) groups excluding carboxylic acids is 1. The topological polar surface area (TPSA) is 35.5 Å². The number of rotatable bonds is 11. The Morgan fingerprint density at radius 3 is 2.32 bits per heavy atom. The molecule has 0 aliphatic carbocycles. The average Bonchev–Trinajstić information content (AvgIpc) is 2.71. The zero-order valence-corrected chi connectivity index (χ0v) is 16.8. The molecule has 3 heteroatoms. The zero-order valence-electron chi connectivity index (χ0n) is 16.8. The van der Waals surface area contributed by atoms with E-state index in [2.05, 4.69) is 36.4 Å². The Balaban J connectivity index is 1.89. The van der Waals surface area contributed by atoms with Crippen LogP contribution in [-0.2, 0) is 20.9 Å². The third-order valence-corrected chi connectivity index (χ3v) is 4.32. The Morgan fingerprint density at radius 1 is 1.00 bits per heavy atom. The monoisotopic (exact) mass is 378 g/mol. The fourth-order valence-electron chi connectivity index (χ4n) is 2.96. The summed E-state index contributed by atoms with van der Waals surface area (Å²) in [7, 11) is 0. The van der Waals surface area contributed by atoms with Gasteiger partial charge >= 0.3 is 5.97 Å². The summed E-state index contributed by atoms with van der Waals surface area (Å²) in [6.45, 7) is 3.96. The van der Waals surface area contributed by atoms with E-state index in [1.807, 2.05) is 55.5 Å². The molecule has 0 unspecified atom stereocenters. The highest BCUT2D eigenvalue weighted by Crippen LogP contribution is 2.23. The molecule has 2 aromatic carbocycles. The number of hydrogen-bond acceptors (Lipinski definition) is 3. The van der Waals surface area contributed by atoms with Crippen LogP contribution < -0.4 is 0 Å². The maximum absolute atomic E-state index is 11.2. The van der Waals surface area contributed by atoms with Gasteiger partial charge in [0.05, 0.1) is 12.7 Å². The van der Waals surface area contributed by atoms with Gasteiger partial charge in [-0.3, -0.25) is 4.79 Å². The third-order valence-electron chi connectivity index (χ3n) is 4.32. The number of ether oxygens (including phenoxy) is 2. The molecule has 2 atom stereocenters. The second-order valence-corrected chi connectivity index (χ2v) is 6.65. The predicted octanol–water partition coefficient (Wildman–Crippen LogP) is 6.18. The Hall–Kier alpha value is -2.65. The lowest BCUT2D eigenvalue weighted by Crippen LogP contribution is -2.13. The quantitative estimate of drug-likeness (QED) is 0.346. The van der Waals surface area contributed by atoms with Gasteiger partial charge in [0.25, 0.3) is 0 Å². The van der Waals surface area contributed by atoms with E-state index in [1.165, 1.54) is 18.1 Å². The van der Waals surface area contributed by atoms with Crippen LogP contribution in [-0.4, -0.2) is 12.1 Å². The van der Waals surface area contributed by atoms with E-state index < -0.39 is 0 Å². The van der Waals surface area contributed by atoms with Crippen molar-refractivity contribution in [2.75, 3.05) is 0 Å². The summed E-state index contributed by atoms with van der Waals surface area (Å²) in [4.78, 5) is 11.2. The number of hydrogen-bond donors (Lipinski definition) is 0. The molecule has 0 N–H and O–H groups in total. The normalized spacial score (nSPS) is 13.6. The van der Waals surface area contributed by atoms with Crippen LogP contribution >= 0.6 is 0 Å². The SMILES string of the molecule is C/C=C/[C@@H](CC/C=C\C[C@@H](OCc1ccccc1)c1ccccc1)OC(C)=O. The molecule has 0 saturated heterocycles. The van der Waals surface area contributed by atoms with Crippen LogP contribution in [0.1, 0.15) is 50.3 Å². The molecule has 28 heavy (non-hydrogen) atoms. The van der Waals surface area contributed by atoms with Gasteiger partial charge < -0.3 is 9.47 Å². The summed E-state index contributed by atoms with van der Waals surface area (Å²) in [6, 6.07) is 20.5. The molecule has 0 saturated carbocycles. The van der Waals surface area contributed by atoms with Crippen molar-refractivity contribution in [2.45, 2.75) is 51.9 Å². The summed E-state index contributed by atoms with van der Waals surface area (Å²) < 4.78 is 11.5. The average molecular weight is 379 g/mol. The molecule has 0 heterocycles. The molecule has 0 aliphatic rings. The summed E-state index contributed by atoms with van der Waals surface area (Å²) >= 11 is 0. The van der Waals surface area contributed by atoms with Crippen molar-refractivity contribution in [3.8, 4) is 0 Å². The van der Waals surface area contributed by atoms with Crippen LogP contribution in [0.15, 0.2) is 85.0 Å². The van der Waals surface area contributed by atoms with Crippen LogP contribution in [0, 0.1) is 0 Å². The smallest absolute Gasteiger partial charge is 0.303 e. The van der Waals surface area contributed by atoms with Gasteiger partial charge in [0.2, 0.25) is 0 Å². The molecule has 0 fully saturated rings. The molecule has 0 aliphatic heterocycles. The summed E-state index contributed by atoms with van der Waals surface area (Å²) in [6.07, 6.45) is 10.4. The third kappa shape index (κ3) is 8.36. The summed E-state index contributed by atoms with van der Waals surface area (Å²) in [5.41, 5.74) is 2.35. The van der Waals surface area contributed by atoms with E-state index >= 15 is 0 Å². The summed E-state index contributed by atoms with van der Waals surface area (Å²) in [5.74, 6) is -0.245. The zero-order chi connectivity index (χ0) is 20.0. The van der Waals surface area contributed by atoms with Crippen molar-refractivity contribution in [2.24, 2.45) is 0 Å². The largest absolute Gasteiger partial charge is 0.458 e. The standard InChI is InChI=1S/C25H30O3/c1-3-13-24(28-21(2)26)18-11-6-12-19-25(23-16-9-5-10-17-23)27-20-22-14-7-4-8-15-22/h3-10,12-17,24-25H,11,18-20H2,1-2H3/b12-6-,13-3+/t24-,25+/m0/s1. The molecule has 2 rings (SSSR count). The van der Waals surface area contributed by atoms with E-state index in [0.29, 0.717) is 6.61 Å². The van der Waals surface area contributed by atoms with E-state index in [1.54, 1.807) is 0 Å². The van der Waals surface area contributed by atoms with Crippen molar-refractivity contribution in [3.63, 3.8) is 0 Å². The highest BCUT2D eigenvalue weighted by atomic mass is 16.5. The maximum Gasteiger partial charge on any atom is 0.303 e. The van der Waals surface area contributed by atoms with Crippen LogP contribution in [0.25, 0.3) is 0 Å². The second kappa shape index (κ2) is 12.7. The van der Waals surface area contributed by atoms with Crippen LogP contribution in [0.4, 0.5) is 0 Å². The van der Waals surface area contributed by atoms with E-state index in [0.717, 1.165) is 19.3 Å². The van der Waals surface area contributed by atoms with E-state index in [-0.39, 0.29) is 18.2 Å². The van der Waals surface area contributed by atoms with Crippen LogP contribution in [0.2, 0.25) is 0 Å². The van der Waals surface area contributed by atoms with Crippen LogP contribution in [0.3, 0.4) is 0 Å². The first kappa shape index (κ1) is 21.6. The molecule has 0 aromatic heterocycles. The van der Waals surface area contributed by atoms with Gasteiger partial charge in [0.15, 0.2) is 0 Å². The maximum atomic E-state index is 11.2. The first-order chi connectivity index (χ1) is 13.7. The van der Waals surface area contributed by atoms with Crippen molar-refractivity contribution < 1.29 is 14.3 Å².